The van der Waals surface area contributed by atoms with Gasteiger partial charge in [-0.3, -0.25) is 0 Å². The third-order valence-electron chi connectivity index (χ3n) is 5.56. The highest BCUT2D eigenvalue weighted by molar-refractivity contribution is 5.75. The summed E-state index contributed by atoms with van der Waals surface area (Å²) in [5, 5.41) is 0. The smallest absolute Gasteiger partial charge is 0.124 e. The molecule has 30 heavy (non-hydrogen) atoms. The quantitative estimate of drug-likeness (QED) is 0.406. The maximum Gasteiger partial charge on any atom is 0.124 e. The van der Waals surface area contributed by atoms with Crippen molar-refractivity contribution in [3.63, 3.8) is 0 Å². The molecule has 156 valence electrons. The molecular weight excluding hydrogens is 367 g/mol. The Morgan fingerprint density at radius 2 is 1.47 bits per heavy atom. The molecule has 0 N–H and O–H groups in total. The van der Waals surface area contributed by atoms with E-state index in [2.05, 4.69) is 89.8 Å². The molecule has 0 radical (unpaired) electrons. The molecule has 0 unspecified atom stereocenters. The largest absolute Gasteiger partial charge is 0.207 e. The molecule has 1 heteroatoms. The average molecular weight is 401 g/mol. The summed E-state index contributed by atoms with van der Waals surface area (Å²) >= 11 is 0. The normalized spacial score (nSPS) is 13.9. The standard InChI is InChI=1S/C29H33F/c1-8-20(3)10-11-22(5)27-17-28(19-29(30)18-27)26-14-12-25(13-15-26)24(7)16-23(6)21(4)9-2/h9-19H,2,8H2,1,3-7H3/b20-10+,22-11+,23-21+,24-16+. The lowest BCUT2D eigenvalue weighted by Crippen LogP contribution is -1.88. The van der Waals surface area contributed by atoms with Crippen LogP contribution < -0.4 is 0 Å². The topological polar surface area (TPSA) is 0 Å². The molecule has 0 heterocycles. The SMILES string of the molecule is C=C/C(C)=C(C)/C=C(\C)c1ccc(-c2cc(F)cc(/C(C)=C/C=C(\C)CC)c2)cc1. The molecule has 0 bridgehead atoms. The van der Waals surface area contributed by atoms with Crippen LogP contribution in [-0.2, 0) is 0 Å². The van der Waals surface area contributed by atoms with Gasteiger partial charge in [-0.1, -0.05) is 67.6 Å². The lowest BCUT2D eigenvalue weighted by atomic mass is 9.96. The van der Waals surface area contributed by atoms with E-state index < -0.39 is 0 Å². The molecule has 0 spiro atoms. The van der Waals surface area contributed by atoms with E-state index in [9.17, 15) is 4.39 Å². The summed E-state index contributed by atoms with van der Waals surface area (Å²) in [4.78, 5) is 0. The van der Waals surface area contributed by atoms with Gasteiger partial charge in [0.05, 0.1) is 0 Å². The van der Waals surface area contributed by atoms with Gasteiger partial charge in [0.25, 0.3) is 0 Å². The van der Waals surface area contributed by atoms with Crippen LogP contribution in [0.5, 0.6) is 0 Å². The second kappa shape index (κ2) is 10.7. The van der Waals surface area contributed by atoms with Crippen LogP contribution in [0.15, 0.2) is 90.1 Å². The summed E-state index contributed by atoms with van der Waals surface area (Å²) in [5.74, 6) is -0.216. The fourth-order valence-corrected chi connectivity index (χ4v) is 3.07. The van der Waals surface area contributed by atoms with E-state index >= 15 is 0 Å². The van der Waals surface area contributed by atoms with Crippen molar-refractivity contribution in [2.45, 2.75) is 48.0 Å². The van der Waals surface area contributed by atoms with Crippen molar-refractivity contribution in [1.82, 2.24) is 0 Å². The highest BCUT2D eigenvalue weighted by Crippen LogP contribution is 2.27. The Hall–Kier alpha value is -2.93. The third-order valence-corrected chi connectivity index (χ3v) is 5.56. The summed E-state index contributed by atoms with van der Waals surface area (Å²) < 4.78 is 14.3. The fraction of sp³-hybridized carbons (Fsp3) is 0.241. The predicted molar refractivity (Wildman–Crippen MR) is 132 cm³/mol. The van der Waals surface area contributed by atoms with E-state index in [1.165, 1.54) is 22.3 Å². The van der Waals surface area contributed by atoms with Gasteiger partial charge in [0.2, 0.25) is 0 Å². The highest BCUT2D eigenvalue weighted by Gasteiger charge is 2.06. The first-order valence-corrected chi connectivity index (χ1v) is 10.5. The monoisotopic (exact) mass is 400 g/mol. The van der Waals surface area contributed by atoms with Gasteiger partial charge in [-0.15, -0.1) is 0 Å². The maximum atomic E-state index is 14.3. The van der Waals surface area contributed by atoms with Crippen LogP contribution in [0.2, 0.25) is 0 Å². The molecule has 2 aromatic carbocycles. The lowest BCUT2D eigenvalue weighted by Gasteiger charge is -2.09. The predicted octanol–water partition coefficient (Wildman–Crippen LogP) is 9.18. The van der Waals surface area contributed by atoms with Gasteiger partial charge in [0.15, 0.2) is 0 Å². The van der Waals surface area contributed by atoms with E-state index in [0.717, 1.165) is 34.2 Å². The Bertz CT molecular complexity index is 1020. The molecule has 2 aromatic rings. The van der Waals surface area contributed by atoms with Crippen molar-refractivity contribution >= 4 is 11.1 Å². The van der Waals surface area contributed by atoms with E-state index in [-0.39, 0.29) is 5.82 Å². The Balaban J connectivity index is 2.36. The Labute approximate surface area is 181 Å². The van der Waals surface area contributed by atoms with Crippen molar-refractivity contribution in [2.24, 2.45) is 0 Å². The van der Waals surface area contributed by atoms with Crippen LogP contribution in [0.4, 0.5) is 4.39 Å². The molecule has 0 fully saturated rings. The van der Waals surface area contributed by atoms with Crippen molar-refractivity contribution in [3.05, 3.63) is 107 Å². The zero-order valence-corrected chi connectivity index (χ0v) is 19.1. The number of benzene rings is 2. The van der Waals surface area contributed by atoms with E-state index in [0.29, 0.717) is 0 Å². The van der Waals surface area contributed by atoms with Gasteiger partial charge in [-0.2, -0.15) is 0 Å². The summed E-state index contributed by atoms with van der Waals surface area (Å²) in [6, 6.07) is 13.6. The molecule has 0 amide bonds. The molecule has 0 aliphatic rings. The summed E-state index contributed by atoms with van der Waals surface area (Å²) in [5.41, 5.74) is 9.89. The first-order valence-electron chi connectivity index (χ1n) is 10.5. The minimum absolute atomic E-state index is 0.216. The second-order valence-corrected chi connectivity index (χ2v) is 7.92. The average Bonchev–Trinajstić information content (AvgIpc) is 2.75. The third kappa shape index (κ3) is 6.29. The van der Waals surface area contributed by atoms with Crippen LogP contribution in [0, 0.1) is 5.82 Å². The summed E-state index contributed by atoms with van der Waals surface area (Å²) in [6.45, 7) is 16.4. The zero-order valence-electron chi connectivity index (χ0n) is 19.1. The molecular formula is C29H33F. The van der Waals surface area contributed by atoms with Gasteiger partial charge in [0.1, 0.15) is 5.82 Å². The van der Waals surface area contributed by atoms with Gasteiger partial charge in [-0.25, -0.2) is 4.39 Å². The molecule has 0 aromatic heterocycles. The van der Waals surface area contributed by atoms with Crippen molar-refractivity contribution in [3.8, 4) is 11.1 Å². The van der Waals surface area contributed by atoms with Crippen LogP contribution in [0.3, 0.4) is 0 Å². The van der Waals surface area contributed by atoms with E-state index in [1.54, 1.807) is 12.1 Å². The minimum Gasteiger partial charge on any atom is -0.207 e. The Morgan fingerprint density at radius 3 is 2.07 bits per heavy atom. The van der Waals surface area contributed by atoms with E-state index in [4.69, 9.17) is 0 Å². The minimum atomic E-state index is -0.216. The first kappa shape index (κ1) is 23.3. The molecule has 0 atom stereocenters. The van der Waals surface area contributed by atoms with Gasteiger partial charge in [-0.05, 0) is 104 Å². The Kier molecular flexibility index (Phi) is 8.35. The summed E-state index contributed by atoms with van der Waals surface area (Å²) in [6.07, 6.45) is 9.23. The summed E-state index contributed by atoms with van der Waals surface area (Å²) in [7, 11) is 0. The van der Waals surface area contributed by atoms with Crippen molar-refractivity contribution < 1.29 is 4.39 Å². The maximum absolute atomic E-state index is 14.3. The van der Waals surface area contributed by atoms with Gasteiger partial charge in [0, 0.05) is 0 Å². The van der Waals surface area contributed by atoms with Crippen LogP contribution in [0.1, 0.15) is 59.1 Å². The fourth-order valence-electron chi connectivity index (χ4n) is 3.07. The number of allylic oxidation sites excluding steroid dienone is 9. The van der Waals surface area contributed by atoms with Crippen molar-refractivity contribution in [1.29, 1.82) is 0 Å². The zero-order chi connectivity index (χ0) is 22.3. The van der Waals surface area contributed by atoms with Crippen LogP contribution in [0.25, 0.3) is 22.3 Å². The number of hydrogen-bond acceptors (Lipinski definition) is 0. The molecule has 0 aliphatic carbocycles. The van der Waals surface area contributed by atoms with Crippen LogP contribution >= 0.6 is 0 Å². The van der Waals surface area contributed by atoms with Gasteiger partial charge < -0.3 is 0 Å². The molecule has 2 rings (SSSR count). The molecule has 0 saturated carbocycles. The second-order valence-electron chi connectivity index (χ2n) is 7.92. The lowest BCUT2D eigenvalue weighted by molar-refractivity contribution is 0.628. The number of rotatable bonds is 7. The van der Waals surface area contributed by atoms with Crippen LogP contribution in [-0.4, -0.2) is 0 Å². The molecule has 0 nitrogen and oxygen atoms in total. The highest BCUT2D eigenvalue weighted by atomic mass is 19.1. The molecule has 0 saturated heterocycles. The van der Waals surface area contributed by atoms with Gasteiger partial charge >= 0.3 is 0 Å². The molecule has 0 aliphatic heterocycles. The number of hydrogen-bond donors (Lipinski definition) is 0. The number of halogens is 1. The Morgan fingerprint density at radius 1 is 0.800 bits per heavy atom. The van der Waals surface area contributed by atoms with E-state index in [1.807, 2.05) is 13.0 Å². The van der Waals surface area contributed by atoms with Crippen molar-refractivity contribution in [2.75, 3.05) is 0 Å². The first-order chi connectivity index (χ1) is 14.2.